The average Bonchev–Trinajstić information content (AvgIpc) is 2.05. The minimum absolute atomic E-state index is 0. The Hall–Kier alpha value is -1.04. The Morgan fingerprint density at radius 3 is 2.36 bits per heavy atom. The smallest absolute Gasteiger partial charge is 0.00143 e. The second kappa shape index (κ2) is 3.38. The van der Waals surface area contributed by atoms with Crippen molar-refractivity contribution in [2.24, 2.45) is 0 Å². The molecular weight excluding hydrogens is 132 g/mol. The van der Waals surface area contributed by atoms with Crippen molar-refractivity contribution in [1.82, 2.24) is 0 Å². The lowest BCUT2D eigenvalue weighted by Gasteiger charge is -2.10. The molecule has 1 aromatic rings. The van der Waals surface area contributed by atoms with E-state index in [9.17, 15) is 0 Å². The van der Waals surface area contributed by atoms with Gasteiger partial charge in [0.15, 0.2) is 0 Å². The van der Waals surface area contributed by atoms with E-state index in [4.69, 9.17) is 0 Å². The fourth-order valence-corrected chi connectivity index (χ4v) is 1.03. The predicted molar refractivity (Wildman–Crippen MR) is 51.8 cm³/mol. The third kappa shape index (κ3) is 1.94. The van der Waals surface area contributed by atoms with Gasteiger partial charge in [0.05, 0.1) is 0 Å². The van der Waals surface area contributed by atoms with Crippen LogP contribution in [0.3, 0.4) is 0 Å². The van der Waals surface area contributed by atoms with Gasteiger partial charge in [-0.1, -0.05) is 49.4 Å². The molecule has 0 nitrogen and oxygen atoms in total. The SMILES string of the molecule is C=C(C)C(C)c1ccccc1.[HH]. The number of benzene rings is 1. The van der Waals surface area contributed by atoms with Gasteiger partial charge in [0.2, 0.25) is 0 Å². The van der Waals surface area contributed by atoms with Crippen molar-refractivity contribution in [2.75, 3.05) is 0 Å². The predicted octanol–water partition coefficient (Wildman–Crippen LogP) is 3.61. The maximum atomic E-state index is 3.93. The summed E-state index contributed by atoms with van der Waals surface area (Å²) in [6.45, 7) is 8.18. The monoisotopic (exact) mass is 148 g/mol. The van der Waals surface area contributed by atoms with Crippen LogP contribution in [0.1, 0.15) is 26.8 Å². The molecule has 0 saturated carbocycles. The highest BCUT2D eigenvalue weighted by Crippen LogP contribution is 2.20. The third-order valence-corrected chi connectivity index (χ3v) is 2.04. The maximum absolute atomic E-state index is 3.93. The number of hydrogen-bond acceptors (Lipinski definition) is 0. The first-order valence-corrected chi connectivity index (χ1v) is 3.92. The average molecular weight is 148 g/mol. The van der Waals surface area contributed by atoms with Gasteiger partial charge in [0, 0.05) is 7.34 Å². The van der Waals surface area contributed by atoms with Gasteiger partial charge in [-0.15, -0.1) is 0 Å². The van der Waals surface area contributed by atoms with E-state index in [0.717, 1.165) is 0 Å². The summed E-state index contributed by atoms with van der Waals surface area (Å²) in [5, 5.41) is 0. The lowest BCUT2D eigenvalue weighted by atomic mass is 9.95. The molecule has 0 radical (unpaired) electrons. The van der Waals surface area contributed by atoms with Crippen LogP contribution in [0.2, 0.25) is 0 Å². The van der Waals surface area contributed by atoms with E-state index >= 15 is 0 Å². The quantitative estimate of drug-likeness (QED) is 0.562. The summed E-state index contributed by atoms with van der Waals surface area (Å²) < 4.78 is 0. The summed E-state index contributed by atoms with van der Waals surface area (Å²) in [5.41, 5.74) is 2.57. The highest BCUT2D eigenvalue weighted by atomic mass is 14.1. The Bertz CT molecular complexity index is 238. The fraction of sp³-hybridized carbons (Fsp3) is 0.273. The molecule has 0 heterocycles. The molecule has 0 N–H and O–H groups in total. The van der Waals surface area contributed by atoms with E-state index in [2.05, 4.69) is 44.7 Å². The number of hydrogen-bond donors (Lipinski definition) is 0. The van der Waals surface area contributed by atoms with Crippen molar-refractivity contribution in [1.29, 1.82) is 0 Å². The molecule has 0 aliphatic rings. The van der Waals surface area contributed by atoms with Crippen LogP contribution in [0.4, 0.5) is 0 Å². The molecule has 0 spiro atoms. The largest absolute Gasteiger partial charge is 0.0995 e. The molecule has 1 unspecified atom stereocenters. The van der Waals surface area contributed by atoms with Gasteiger partial charge in [-0.25, -0.2) is 0 Å². The fourth-order valence-electron chi connectivity index (χ4n) is 1.03. The Balaban J connectivity index is 0.00000121. The summed E-state index contributed by atoms with van der Waals surface area (Å²) >= 11 is 0. The lowest BCUT2D eigenvalue weighted by Crippen LogP contribution is -1.92. The van der Waals surface area contributed by atoms with Crippen molar-refractivity contribution in [3.8, 4) is 0 Å². The van der Waals surface area contributed by atoms with E-state index in [1.54, 1.807) is 0 Å². The molecule has 1 atom stereocenters. The Kier molecular flexibility index (Phi) is 2.48. The van der Waals surface area contributed by atoms with Gasteiger partial charge in [-0.2, -0.15) is 0 Å². The van der Waals surface area contributed by atoms with E-state index < -0.39 is 0 Å². The van der Waals surface area contributed by atoms with Crippen molar-refractivity contribution >= 4 is 0 Å². The Labute approximate surface area is 70.1 Å². The zero-order valence-electron chi connectivity index (χ0n) is 7.17. The molecule has 0 aromatic heterocycles. The molecule has 0 amide bonds. The maximum Gasteiger partial charge on any atom is 0.00143 e. The molecule has 0 heteroatoms. The highest BCUT2D eigenvalue weighted by Gasteiger charge is 2.03. The van der Waals surface area contributed by atoms with E-state index in [1.165, 1.54) is 11.1 Å². The van der Waals surface area contributed by atoms with Crippen molar-refractivity contribution in [3.63, 3.8) is 0 Å². The normalized spacial score (nSPS) is 12.5. The zero-order chi connectivity index (χ0) is 8.27. The van der Waals surface area contributed by atoms with Gasteiger partial charge in [0.1, 0.15) is 0 Å². The van der Waals surface area contributed by atoms with Crippen molar-refractivity contribution in [2.45, 2.75) is 19.8 Å². The first kappa shape index (κ1) is 8.06. The molecule has 1 aromatic carbocycles. The summed E-state index contributed by atoms with van der Waals surface area (Å²) in [5.74, 6) is 0.483. The molecule has 0 bridgehead atoms. The molecule has 11 heavy (non-hydrogen) atoms. The molecule has 0 saturated heterocycles. The van der Waals surface area contributed by atoms with E-state index in [-0.39, 0.29) is 1.43 Å². The van der Waals surface area contributed by atoms with Crippen LogP contribution < -0.4 is 0 Å². The molecule has 0 aliphatic heterocycles. The van der Waals surface area contributed by atoms with Gasteiger partial charge in [-0.05, 0) is 12.5 Å². The topological polar surface area (TPSA) is 0 Å². The van der Waals surface area contributed by atoms with Gasteiger partial charge >= 0.3 is 0 Å². The highest BCUT2D eigenvalue weighted by molar-refractivity contribution is 5.25. The Morgan fingerprint density at radius 2 is 1.91 bits per heavy atom. The molecular formula is C11H16. The van der Waals surface area contributed by atoms with Gasteiger partial charge < -0.3 is 0 Å². The van der Waals surface area contributed by atoms with Crippen LogP contribution in [0.5, 0.6) is 0 Å². The van der Waals surface area contributed by atoms with E-state index in [1.807, 2.05) is 6.07 Å². The molecule has 1 rings (SSSR count). The van der Waals surface area contributed by atoms with Gasteiger partial charge in [-0.3, -0.25) is 0 Å². The summed E-state index contributed by atoms with van der Waals surface area (Å²) in [7, 11) is 0. The van der Waals surface area contributed by atoms with Gasteiger partial charge in [0.25, 0.3) is 0 Å². The second-order valence-corrected chi connectivity index (χ2v) is 2.98. The lowest BCUT2D eigenvalue weighted by molar-refractivity contribution is 0.899. The molecule has 0 aliphatic carbocycles. The first-order chi connectivity index (χ1) is 5.22. The molecule has 60 valence electrons. The minimum Gasteiger partial charge on any atom is -0.0995 e. The van der Waals surface area contributed by atoms with Crippen LogP contribution >= 0.6 is 0 Å². The van der Waals surface area contributed by atoms with Crippen molar-refractivity contribution in [3.05, 3.63) is 48.0 Å². The summed E-state index contributed by atoms with van der Waals surface area (Å²) in [4.78, 5) is 0. The Morgan fingerprint density at radius 1 is 1.36 bits per heavy atom. The van der Waals surface area contributed by atoms with Crippen LogP contribution in [-0.4, -0.2) is 0 Å². The molecule has 0 fully saturated rings. The van der Waals surface area contributed by atoms with Crippen LogP contribution in [0.15, 0.2) is 42.5 Å². The number of allylic oxidation sites excluding steroid dienone is 1. The summed E-state index contributed by atoms with van der Waals surface area (Å²) in [6, 6.07) is 10.4. The second-order valence-electron chi connectivity index (χ2n) is 2.98. The van der Waals surface area contributed by atoms with Crippen LogP contribution in [0, 0.1) is 0 Å². The first-order valence-electron chi connectivity index (χ1n) is 3.92. The van der Waals surface area contributed by atoms with Crippen LogP contribution in [-0.2, 0) is 0 Å². The summed E-state index contributed by atoms with van der Waals surface area (Å²) in [6.07, 6.45) is 0. The third-order valence-electron chi connectivity index (χ3n) is 2.04. The van der Waals surface area contributed by atoms with Crippen LogP contribution in [0.25, 0.3) is 0 Å². The van der Waals surface area contributed by atoms with E-state index in [0.29, 0.717) is 5.92 Å². The number of rotatable bonds is 2. The zero-order valence-corrected chi connectivity index (χ0v) is 7.17. The standard InChI is InChI=1S/C11H14.H2/c1-9(2)10(3)11-7-5-4-6-8-11;/h4-8,10H,1H2,2-3H3;1H. The minimum atomic E-state index is 0. The van der Waals surface area contributed by atoms with Crippen molar-refractivity contribution < 1.29 is 1.43 Å².